The van der Waals surface area contributed by atoms with E-state index in [1.54, 1.807) is 0 Å². The number of amides is 1. The van der Waals surface area contributed by atoms with Crippen LogP contribution in [0.4, 0.5) is 4.79 Å². The van der Waals surface area contributed by atoms with Gasteiger partial charge < -0.3 is 14.3 Å². The molecule has 0 aromatic heterocycles. The highest BCUT2D eigenvalue weighted by Crippen LogP contribution is 2.38. The first kappa shape index (κ1) is 19.1. The Balaban J connectivity index is 2.04. The first-order valence-electron chi connectivity index (χ1n) is 9.06. The minimum absolute atomic E-state index is 0.104. The molecule has 1 atom stereocenters. The Morgan fingerprint density at radius 1 is 1.07 bits per heavy atom. The van der Waals surface area contributed by atoms with Gasteiger partial charge in [-0.2, -0.15) is 0 Å². The SMILES string of the molecule is CC(C)(C)OC(=O)N1CC(c2ccccc2)(c2ccccc2)OCC1C=O. The van der Waals surface area contributed by atoms with Gasteiger partial charge in [0.05, 0.1) is 13.2 Å². The van der Waals surface area contributed by atoms with E-state index in [2.05, 4.69) is 0 Å². The third-order valence-corrected chi connectivity index (χ3v) is 4.56. The second kappa shape index (κ2) is 7.53. The van der Waals surface area contributed by atoms with E-state index in [1.807, 2.05) is 81.4 Å². The van der Waals surface area contributed by atoms with Gasteiger partial charge >= 0.3 is 6.09 Å². The van der Waals surface area contributed by atoms with E-state index >= 15 is 0 Å². The summed E-state index contributed by atoms with van der Waals surface area (Å²) in [6.07, 6.45) is 0.225. The van der Waals surface area contributed by atoms with Crippen molar-refractivity contribution in [3.8, 4) is 0 Å². The fourth-order valence-electron chi connectivity index (χ4n) is 3.28. The molecule has 0 N–H and O–H groups in total. The molecular weight excluding hydrogens is 342 g/mol. The number of carbonyl (C=O) groups excluding carboxylic acids is 2. The Labute approximate surface area is 159 Å². The minimum Gasteiger partial charge on any atom is -0.444 e. The zero-order valence-corrected chi connectivity index (χ0v) is 15.9. The normalized spacial score (nSPS) is 19.4. The number of aldehydes is 1. The number of carbonyl (C=O) groups is 2. The molecule has 1 aliphatic heterocycles. The summed E-state index contributed by atoms with van der Waals surface area (Å²) in [5, 5.41) is 0. The molecule has 1 aliphatic rings. The molecule has 3 rings (SSSR count). The Morgan fingerprint density at radius 2 is 1.59 bits per heavy atom. The molecule has 0 bridgehead atoms. The average molecular weight is 367 g/mol. The fraction of sp³-hybridized carbons (Fsp3) is 0.364. The lowest BCUT2D eigenvalue weighted by molar-refractivity contribution is -0.135. The number of nitrogens with zero attached hydrogens (tertiary/aromatic N) is 1. The van der Waals surface area contributed by atoms with Crippen LogP contribution < -0.4 is 0 Å². The van der Waals surface area contributed by atoms with Crippen molar-refractivity contribution in [3.05, 3.63) is 71.8 Å². The number of rotatable bonds is 3. The molecule has 1 saturated heterocycles. The number of benzene rings is 2. The van der Waals surface area contributed by atoms with Crippen molar-refractivity contribution in [1.82, 2.24) is 4.90 Å². The maximum absolute atomic E-state index is 12.8. The van der Waals surface area contributed by atoms with Crippen molar-refractivity contribution in [2.45, 2.75) is 38.0 Å². The van der Waals surface area contributed by atoms with E-state index in [0.29, 0.717) is 0 Å². The molecule has 142 valence electrons. The lowest BCUT2D eigenvalue weighted by atomic mass is 9.84. The van der Waals surface area contributed by atoms with Crippen molar-refractivity contribution in [3.63, 3.8) is 0 Å². The predicted octanol–water partition coefficient (Wildman–Crippen LogP) is 3.77. The first-order valence-corrected chi connectivity index (χ1v) is 9.06. The third kappa shape index (κ3) is 4.03. The van der Waals surface area contributed by atoms with Crippen LogP contribution in [0.25, 0.3) is 0 Å². The molecule has 2 aromatic rings. The Hall–Kier alpha value is -2.66. The summed E-state index contributed by atoms with van der Waals surface area (Å²) in [5.74, 6) is 0. The topological polar surface area (TPSA) is 55.8 Å². The molecule has 0 radical (unpaired) electrons. The van der Waals surface area contributed by atoms with Crippen LogP contribution in [-0.2, 0) is 19.9 Å². The average Bonchev–Trinajstić information content (AvgIpc) is 2.67. The van der Waals surface area contributed by atoms with Gasteiger partial charge in [0.25, 0.3) is 0 Å². The first-order chi connectivity index (χ1) is 12.9. The van der Waals surface area contributed by atoms with Gasteiger partial charge in [-0.3, -0.25) is 4.90 Å². The lowest BCUT2D eigenvalue weighted by Gasteiger charge is -2.46. The Bertz CT molecular complexity index is 743. The van der Waals surface area contributed by atoms with Gasteiger partial charge in [-0.05, 0) is 31.9 Å². The molecule has 1 heterocycles. The quantitative estimate of drug-likeness (QED) is 0.775. The van der Waals surface area contributed by atoms with Crippen molar-refractivity contribution in [2.24, 2.45) is 0 Å². The van der Waals surface area contributed by atoms with Crippen molar-refractivity contribution >= 4 is 12.4 Å². The molecule has 2 aromatic carbocycles. The van der Waals surface area contributed by atoms with Gasteiger partial charge in [-0.1, -0.05) is 60.7 Å². The van der Waals surface area contributed by atoms with Gasteiger partial charge in [0.15, 0.2) is 0 Å². The van der Waals surface area contributed by atoms with Crippen molar-refractivity contribution in [2.75, 3.05) is 13.2 Å². The maximum Gasteiger partial charge on any atom is 0.411 e. The van der Waals surface area contributed by atoms with Crippen LogP contribution in [0, 0.1) is 0 Å². The Morgan fingerprint density at radius 3 is 2.04 bits per heavy atom. The second-order valence-electron chi connectivity index (χ2n) is 7.68. The highest BCUT2D eigenvalue weighted by atomic mass is 16.6. The summed E-state index contributed by atoms with van der Waals surface area (Å²) < 4.78 is 11.8. The molecule has 1 fully saturated rings. The number of morpholine rings is 1. The second-order valence-corrected chi connectivity index (χ2v) is 7.68. The molecule has 0 aliphatic carbocycles. The van der Waals surface area contributed by atoms with Gasteiger partial charge in [0.1, 0.15) is 23.5 Å². The van der Waals surface area contributed by atoms with Crippen LogP contribution in [0.15, 0.2) is 60.7 Å². The van der Waals surface area contributed by atoms with Gasteiger partial charge in [0.2, 0.25) is 0 Å². The summed E-state index contributed by atoms with van der Waals surface area (Å²) in [4.78, 5) is 25.9. The molecule has 0 saturated carbocycles. The van der Waals surface area contributed by atoms with Crippen LogP contribution in [0.3, 0.4) is 0 Å². The zero-order chi connectivity index (χ0) is 19.5. The molecule has 5 nitrogen and oxygen atoms in total. The van der Waals surface area contributed by atoms with Gasteiger partial charge in [-0.15, -0.1) is 0 Å². The van der Waals surface area contributed by atoms with Crippen LogP contribution in [0.5, 0.6) is 0 Å². The highest BCUT2D eigenvalue weighted by molar-refractivity contribution is 5.74. The smallest absolute Gasteiger partial charge is 0.411 e. The fourth-order valence-corrected chi connectivity index (χ4v) is 3.28. The maximum atomic E-state index is 12.8. The molecule has 1 amide bonds. The summed E-state index contributed by atoms with van der Waals surface area (Å²) in [5.41, 5.74) is 0.340. The van der Waals surface area contributed by atoms with Gasteiger partial charge in [-0.25, -0.2) is 4.79 Å². The Kier molecular flexibility index (Phi) is 5.33. The summed E-state index contributed by atoms with van der Waals surface area (Å²) in [6, 6.07) is 18.8. The zero-order valence-electron chi connectivity index (χ0n) is 15.9. The third-order valence-electron chi connectivity index (χ3n) is 4.56. The summed E-state index contributed by atoms with van der Waals surface area (Å²) >= 11 is 0. The molecule has 1 unspecified atom stereocenters. The predicted molar refractivity (Wildman–Crippen MR) is 102 cm³/mol. The van der Waals surface area contributed by atoms with E-state index in [0.717, 1.165) is 17.4 Å². The van der Waals surface area contributed by atoms with E-state index < -0.39 is 23.3 Å². The van der Waals surface area contributed by atoms with Crippen LogP contribution in [0.1, 0.15) is 31.9 Å². The largest absolute Gasteiger partial charge is 0.444 e. The van der Waals surface area contributed by atoms with Gasteiger partial charge in [0, 0.05) is 0 Å². The number of ether oxygens (including phenoxy) is 2. The van der Waals surface area contributed by atoms with Crippen molar-refractivity contribution < 1.29 is 19.1 Å². The summed E-state index contributed by atoms with van der Waals surface area (Å²) in [7, 11) is 0. The summed E-state index contributed by atoms with van der Waals surface area (Å²) in [6.45, 7) is 5.72. The monoisotopic (exact) mass is 367 g/mol. The van der Waals surface area contributed by atoms with E-state index in [-0.39, 0.29) is 13.2 Å². The van der Waals surface area contributed by atoms with E-state index in [4.69, 9.17) is 9.47 Å². The number of hydrogen-bond donors (Lipinski definition) is 0. The van der Waals surface area contributed by atoms with E-state index in [1.165, 1.54) is 4.90 Å². The van der Waals surface area contributed by atoms with Crippen molar-refractivity contribution in [1.29, 1.82) is 0 Å². The molecule has 27 heavy (non-hydrogen) atoms. The lowest BCUT2D eigenvalue weighted by Crippen LogP contribution is -2.58. The minimum atomic E-state index is -0.862. The molecular formula is C22H25NO4. The van der Waals surface area contributed by atoms with Crippen LogP contribution in [0.2, 0.25) is 0 Å². The number of hydrogen-bond acceptors (Lipinski definition) is 4. The van der Waals surface area contributed by atoms with E-state index in [9.17, 15) is 9.59 Å². The highest BCUT2D eigenvalue weighted by Gasteiger charge is 2.46. The standard InChI is InChI=1S/C22H25NO4/c1-21(2,3)27-20(25)23-16-22(26-15-19(23)14-24,17-10-6-4-7-11-17)18-12-8-5-9-13-18/h4-14,19H,15-16H2,1-3H3. The van der Waals surface area contributed by atoms with Crippen LogP contribution in [-0.4, -0.2) is 42.1 Å². The molecule has 0 spiro atoms. The van der Waals surface area contributed by atoms with Crippen LogP contribution >= 0.6 is 0 Å². The molecule has 5 heteroatoms.